The van der Waals surface area contributed by atoms with Crippen LogP contribution in [0.4, 0.5) is 4.79 Å². The summed E-state index contributed by atoms with van der Waals surface area (Å²) in [5.41, 5.74) is 1.50. The summed E-state index contributed by atoms with van der Waals surface area (Å²) in [4.78, 5) is 28.2. The maximum absolute atomic E-state index is 12.9. The number of aromatic nitrogens is 1. The number of rotatable bonds is 4. The first-order valence-corrected chi connectivity index (χ1v) is 9.65. The minimum Gasteiger partial charge on any atom is -0.491 e. The molecule has 0 radical (unpaired) electrons. The van der Waals surface area contributed by atoms with E-state index >= 15 is 0 Å². The lowest BCUT2D eigenvalue weighted by Crippen LogP contribution is -2.54. The Balaban J connectivity index is 1.68. The Kier molecular flexibility index (Phi) is 5.54. The zero-order chi connectivity index (χ0) is 20.5. The molecule has 7 nitrogen and oxygen atoms in total. The molecule has 2 heterocycles. The third kappa shape index (κ3) is 4.58. The van der Waals surface area contributed by atoms with Crippen LogP contribution in [-0.4, -0.2) is 41.3 Å². The van der Waals surface area contributed by atoms with Crippen LogP contribution >= 0.6 is 0 Å². The van der Waals surface area contributed by atoms with Gasteiger partial charge < -0.3 is 25.1 Å². The molecule has 1 aromatic heterocycles. The van der Waals surface area contributed by atoms with E-state index in [1.165, 1.54) is 0 Å². The summed E-state index contributed by atoms with van der Waals surface area (Å²) in [7, 11) is 0. The highest BCUT2D eigenvalue weighted by Gasteiger charge is 2.29. The second kappa shape index (κ2) is 7.73. The van der Waals surface area contributed by atoms with Crippen LogP contribution in [0, 0.1) is 5.92 Å². The highest BCUT2D eigenvalue weighted by Crippen LogP contribution is 2.31. The van der Waals surface area contributed by atoms with Crippen molar-refractivity contribution in [3.63, 3.8) is 0 Å². The van der Waals surface area contributed by atoms with Crippen molar-refractivity contribution >= 4 is 22.9 Å². The second-order valence-corrected chi connectivity index (χ2v) is 8.58. The van der Waals surface area contributed by atoms with E-state index in [0.717, 1.165) is 22.2 Å². The van der Waals surface area contributed by atoms with Crippen LogP contribution in [0.15, 0.2) is 24.4 Å². The first-order chi connectivity index (χ1) is 13.1. The Labute approximate surface area is 165 Å². The fourth-order valence-corrected chi connectivity index (χ4v) is 3.37. The van der Waals surface area contributed by atoms with Crippen molar-refractivity contribution in [2.45, 2.75) is 58.7 Å². The number of hydrogen-bond donors (Lipinski definition) is 3. The quantitative estimate of drug-likeness (QED) is 0.751. The van der Waals surface area contributed by atoms with Crippen molar-refractivity contribution in [2.75, 3.05) is 6.61 Å². The summed E-state index contributed by atoms with van der Waals surface area (Å²) in [5, 5.41) is 6.78. The number of carbonyl (C=O) groups excluding carboxylic acids is 2. The summed E-state index contributed by atoms with van der Waals surface area (Å²) in [6, 6.07) is 5.00. The van der Waals surface area contributed by atoms with Crippen molar-refractivity contribution in [1.82, 2.24) is 15.6 Å². The van der Waals surface area contributed by atoms with Gasteiger partial charge in [0.25, 0.3) is 0 Å². The summed E-state index contributed by atoms with van der Waals surface area (Å²) in [5.74, 6) is 0.486. The molecule has 3 N–H and O–H groups in total. The zero-order valence-corrected chi connectivity index (χ0v) is 17.1. The van der Waals surface area contributed by atoms with Crippen LogP contribution in [-0.2, 0) is 16.0 Å². The van der Waals surface area contributed by atoms with Crippen molar-refractivity contribution in [1.29, 1.82) is 0 Å². The third-order valence-corrected chi connectivity index (χ3v) is 4.62. The molecule has 7 heteroatoms. The second-order valence-electron chi connectivity index (χ2n) is 8.58. The van der Waals surface area contributed by atoms with E-state index in [2.05, 4.69) is 15.6 Å². The fourth-order valence-electron chi connectivity index (χ4n) is 3.37. The van der Waals surface area contributed by atoms with Gasteiger partial charge in [0.2, 0.25) is 5.91 Å². The molecule has 0 saturated carbocycles. The van der Waals surface area contributed by atoms with Crippen LogP contribution in [0.25, 0.3) is 10.9 Å². The van der Waals surface area contributed by atoms with Gasteiger partial charge in [-0.15, -0.1) is 0 Å². The maximum Gasteiger partial charge on any atom is 0.408 e. The summed E-state index contributed by atoms with van der Waals surface area (Å²) >= 11 is 0. The lowest BCUT2D eigenvalue weighted by Gasteiger charge is -2.27. The molecule has 0 bridgehead atoms. The molecule has 28 heavy (non-hydrogen) atoms. The summed E-state index contributed by atoms with van der Waals surface area (Å²) in [6.45, 7) is 9.50. The van der Waals surface area contributed by atoms with Crippen molar-refractivity contribution < 1.29 is 19.1 Å². The van der Waals surface area contributed by atoms with Crippen molar-refractivity contribution in [2.24, 2.45) is 5.92 Å². The summed E-state index contributed by atoms with van der Waals surface area (Å²) in [6.07, 6.45) is 2.01. The number of hydrogen-bond acceptors (Lipinski definition) is 4. The minimum absolute atomic E-state index is 0.0876. The predicted molar refractivity (Wildman–Crippen MR) is 107 cm³/mol. The molecule has 3 rings (SSSR count). The maximum atomic E-state index is 12.9. The van der Waals surface area contributed by atoms with Gasteiger partial charge in [-0.2, -0.15) is 0 Å². The number of ether oxygens (including phenoxy) is 2. The van der Waals surface area contributed by atoms with Crippen molar-refractivity contribution in [3.05, 3.63) is 30.0 Å². The lowest BCUT2D eigenvalue weighted by molar-refractivity contribution is -0.125. The monoisotopic (exact) mass is 387 g/mol. The molecule has 1 aliphatic rings. The van der Waals surface area contributed by atoms with Gasteiger partial charge in [-0.1, -0.05) is 19.9 Å². The number of alkyl carbamates (subject to hydrolysis) is 1. The standard InChI is InChI=1S/C21H29N3O4/c1-12(2)18(24-20(26)28-21(3,4)5)19(25)23-14-9-13-10-22-15-7-6-8-16(17(13)15)27-11-14/h6-8,10,12,14,18,22H,9,11H2,1-5H3,(H,23,25)(H,24,26)/t14?,18-/m0/s1. The smallest absolute Gasteiger partial charge is 0.408 e. The Bertz CT molecular complexity index is 866. The topological polar surface area (TPSA) is 92.4 Å². The van der Waals surface area contributed by atoms with Crippen LogP contribution in [0.1, 0.15) is 40.2 Å². The average Bonchev–Trinajstić information content (AvgIpc) is 2.90. The highest BCUT2D eigenvalue weighted by molar-refractivity contribution is 5.90. The third-order valence-electron chi connectivity index (χ3n) is 4.62. The molecule has 0 saturated heterocycles. The molecule has 0 aliphatic carbocycles. The fraction of sp³-hybridized carbons (Fsp3) is 0.524. The van der Waals surface area contributed by atoms with Gasteiger partial charge in [0.15, 0.2) is 0 Å². The van der Waals surface area contributed by atoms with E-state index in [1.54, 1.807) is 20.8 Å². The number of H-pyrrole nitrogens is 1. The van der Waals surface area contributed by atoms with Crippen LogP contribution in [0.3, 0.4) is 0 Å². The number of amides is 2. The highest BCUT2D eigenvalue weighted by atomic mass is 16.6. The molecule has 2 aromatic rings. The Morgan fingerprint density at radius 2 is 2.04 bits per heavy atom. The number of aromatic amines is 1. The Morgan fingerprint density at radius 1 is 1.29 bits per heavy atom. The lowest BCUT2D eigenvalue weighted by atomic mass is 10.0. The van der Waals surface area contributed by atoms with Gasteiger partial charge in [0.1, 0.15) is 24.0 Å². The molecular weight excluding hydrogens is 358 g/mol. The van der Waals surface area contributed by atoms with E-state index in [-0.39, 0.29) is 17.9 Å². The van der Waals surface area contributed by atoms with E-state index in [0.29, 0.717) is 13.0 Å². The molecular formula is C21H29N3O4. The normalized spacial score (nSPS) is 17.6. The Morgan fingerprint density at radius 3 is 2.71 bits per heavy atom. The number of nitrogens with one attached hydrogen (secondary N) is 3. The zero-order valence-electron chi connectivity index (χ0n) is 17.1. The van der Waals surface area contributed by atoms with Crippen LogP contribution in [0.2, 0.25) is 0 Å². The first-order valence-electron chi connectivity index (χ1n) is 9.65. The number of carbonyl (C=O) groups is 2. The Hall–Kier alpha value is -2.70. The van der Waals surface area contributed by atoms with Gasteiger partial charge in [-0.25, -0.2) is 4.79 Å². The molecule has 1 aromatic carbocycles. The molecule has 152 valence electrons. The SMILES string of the molecule is CC(C)[C@H](NC(=O)OC(C)(C)C)C(=O)NC1COc2cccc3[nH]cc(c23)C1. The van der Waals surface area contributed by atoms with Gasteiger partial charge in [-0.3, -0.25) is 4.79 Å². The van der Waals surface area contributed by atoms with Gasteiger partial charge in [0, 0.05) is 17.1 Å². The predicted octanol–water partition coefficient (Wildman–Crippen LogP) is 3.14. The molecule has 2 amide bonds. The van der Waals surface area contributed by atoms with Crippen molar-refractivity contribution in [3.8, 4) is 5.75 Å². The first kappa shape index (κ1) is 20.0. The largest absolute Gasteiger partial charge is 0.491 e. The van der Waals surface area contributed by atoms with Gasteiger partial charge in [-0.05, 0) is 50.8 Å². The molecule has 1 aliphatic heterocycles. The van der Waals surface area contributed by atoms with E-state index < -0.39 is 17.7 Å². The van der Waals surface area contributed by atoms with Gasteiger partial charge in [0.05, 0.1) is 6.04 Å². The van der Waals surface area contributed by atoms with Crippen LogP contribution < -0.4 is 15.4 Å². The minimum atomic E-state index is -0.688. The van der Waals surface area contributed by atoms with E-state index in [1.807, 2.05) is 38.2 Å². The average molecular weight is 387 g/mol. The molecule has 1 unspecified atom stereocenters. The van der Waals surface area contributed by atoms with Crippen LogP contribution in [0.5, 0.6) is 5.75 Å². The number of benzene rings is 1. The molecule has 0 fully saturated rings. The molecule has 0 spiro atoms. The summed E-state index contributed by atoms with van der Waals surface area (Å²) < 4.78 is 11.2. The van der Waals surface area contributed by atoms with Gasteiger partial charge >= 0.3 is 6.09 Å². The van der Waals surface area contributed by atoms with E-state index in [4.69, 9.17) is 9.47 Å². The van der Waals surface area contributed by atoms with E-state index in [9.17, 15) is 9.59 Å². The molecule has 2 atom stereocenters.